The third kappa shape index (κ3) is 4.85. The smallest absolute Gasteiger partial charge is 0.264 e. The van der Waals surface area contributed by atoms with Gasteiger partial charge in [-0.15, -0.1) is 0 Å². The lowest BCUT2D eigenvalue weighted by atomic mass is 10.1. The lowest BCUT2D eigenvalue weighted by Crippen LogP contribution is -2.31. The Morgan fingerprint density at radius 3 is 2.38 bits per heavy atom. The largest absolute Gasteiger partial charge is 0.352 e. The fraction of sp³-hybridized carbons (Fsp3) is 0.350. The average molecular weight is 375 g/mol. The van der Waals surface area contributed by atoms with Crippen LogP contribution < -0.4 is 9.62 Å². The van der Waals surface area contributed by atoms with E-state index >= 15 is 0 Å². The number of carbonyl (C=O) groups excluding carboxylic acids is 1. The van der Waals surface area contributed by atoms with Crippen LogP contribution in [-0.2, 0) is 10.0 Å². The molecule has 0 saturated carbocycles. The molecule has 1 N–H and O–H groups in total. The minimum atomic E-state index is -3.74. The Morgan fingerprint density at radius 2 is 1.77 bits per heavy atom. The monoisotopic (exact) mass is 374 g/mol. The molecule has 0 atom stereocenters. The van der Waals surface area contributed by atoms with E-state index in [-0.39, 0.29) is 10.8 Å². The average Bonchev–Trinajstić information content (AvgIpc) is 2.62. The summed E-state index contributed by atoms with van der Waals surface area (Å²) in [5.41, 5.74) is 0.945. The predicted octanol–water partition coefficient (Wildman–Crippen LogP) is 3.68. The minimum absolute atomic E-state index is 0.111. The Morgan fingerprint density at radius 1 is 1.08 bits per heavy atom. The number of hydrogen-bond acceptors (Lipinski definition) is 3. The molecule has 0 saturated heterocycles. The summed E-state index contributed by atoms with van der Waals surface area (Å²) in [6.07, 6.45) is 0.876. The molecule has 0 unspecified atom stereocenters. The van der Waals surface area contributed by atoms with E-state index in [2.05, 4.69) is 19.2 Å². The number of rotatable bonds is 8. The lowest BCUT2D eigenvalue weighted by molar-refractivity contribution is 0.0952. The zero-order chi connectivity index (χ0) is 19.2. The number of nitrogens with zero attached hydrogens (tertiary/aromatic N) is 1. The zero-order valence-electron chi connectivity index (χ0n) is 15.5. The summed E-state index contributed by atoms with van der Waals surface area (Å²) >= 11 is 0. The second-order valence-electron chi connectivity index (χ2n) is 6.47. The molecule has 2 aromatic rings. The SMILES string of the molecule is CCN(c1ccccc1)S(=O)(=O)c1cccc(C(=O)NCCC(C)C)c1. The summed E-state index contributed by atoms with van der Waals surface area (Å²) in [5, 5.41) is 2.84. The predicted molar refractivity (Wildman–Crippen MR) is 105 cm³/mol. The van der Waals surface area contributed by atoms with Gasteiger partial charge in [-0.3, -0.25) is 9.10 Å². The van der Waals surface area contributed by atoms with Gasteiger partial charge in [0.1, 0.15) is 0 Å². The topological polar surface area (TPSA) is 66.5 Å². The van der Waals surface area contributed by atoms with Gasteiger partial charge in [0.05, 0.1) is 10.6 Å². The first-order chi connectivity index (χ1) is 12.4. The number of amides is 1. The van der Waals surface area contributed by atoms with Gasteiger partial charge in [0.2, 0.25) is 0 Å². The highest BCUT2D eigenvalue weighted by Gasteiger charge is 2.24. The number of nitrogens with one attached hydrogen (secondary N) is 1. The number of benzene rings is 2. The quantitative estimate of drug-likeness (QED) is 0.766. The van der Waals surface area contributed by atoms with Crippen LogP contribution in [0.4, 0.5) is 5.69 Å². The van der Waals surface area contributed by atoms with Gasteiger partial charge in [-0.1, -0.05) is 38.1 Å². The van der Waals surface area contributed by atoms with Gasteiger partial charge in [0, 0.05) is 18.7 Å². The molecule has 0 aliphatic rings. The van der Waals surface area contributed by atoms with Crippen LogP contribution in [0.2, 0.25) is 0 Å². The molecular weight excluding hydrogens is 348 g/mol. The highest BCUT2D eigenvalue weighted by Crippen LogP contribution is 2.23. The molecule has 0 radical (unpaired) electrons. The molecule has 2 aromatic carbocycles. The van der Waals surface area contributed by atoms with E-state index < -0.39 is 10.0 Å². The van der Waals surface area contributed by atoms with Gasteiger partial charge in [0.25, 0.3) is 15.9 Å². The van der Waals surface area contributed by atoms with E-state index in [1.807, 2.05) is 6.07 Å². The maximum atomic E-state index is 13.0. The molecule has 0 aromatic heterocycles. The van der Waals surface area contributed by atoms with Gasteiger partial charge < -0.3 is 5.32 Å². The maximum absolute atomic E-state index is 13.0. The fourth-order valence-electron chi connectivity index (χ4n) is 2.59. The van der Waals surface area contributed by atoms with Gasteiger partial charge >= 0.3 is 0 Å². The van der Waals surface area contributed by atoms with E-state index in [9.17, 15) is 13.2 Å². The highest BCUT2D eigenvalue weighted by atomic mass is 32.2. The van der Waals surface area contributed by atoms with Gasteiger partial charge in [-0.2, -0.15) is 0 Å². The summed E-state index contributed by atoms with van der Waals surface area (Å²) in [7, 11) is -3.74. The number of sulfonamides is 1. The number of hydrogen-bond donors (Lipinski definition) is 1. The Labute approximate surface area is 156 Å². The van der Waals surface area contributed by atoms with Gasteiger partial charge in [-0.25, -0.2) is 8.42 Å². The number of anilines is 1. The fourth-order valence-corrected chi connectivity index (χ4v) is 4.11. The Hall–Kier alpha value is -2.34. The van der Waals surface area contributed by atoms with Crippen molar-refractivity contribution in [1.29, 1.82) is 0 Å². The molecule has 1 amide bonds. The van der Waals surface area contributed by atoms with Crippen molar-refractivity contribution in [2.75, 3.05) is 17.4 Å². The van der Waals surface area contributed by atoms with Crippen molar-refractivity contribution < 1.29 is 13.2 Å². The summed E-state index contributed by atoms with van der Waals surface area (Å²) in [4.78, 5) is 12.4. The van der Waals surface area contributed by atoms with Crippen LogP contribution in [0, 0.1) is 5.92 Å². The Bertz CT molecular complexity index is 833. The maximum Gasteiger partial charge on any atom is 0.264 e. The van der Waals surface area contributed by atoms with E-state index in [0.29, 0.717) is 30.3 Å². The van der Waals surface area contributed by atoms with Crippen molar-refractivity contribution in [3.05, 3.63) is 60.2 Å². The Balaban J connectivity index is 2.26. The lowest BCUT2D eigenvalue weighted by Gasteiger charge is -2.23. The molecule has 5 nitrogen and oxygen atoms in total. The molecule has 0 heterocycles. The molecule has 2 rings (SSSR count). The first-order valence-electron chi connectivity index (χ1n) is 8.82. The van der Waals surface area contributed by atoms with E-state index in [1.165, 1.54) is 16.4 Å². The summed E-state index contributed by atoms with van der Waals surface area (Å²) in [6, 6.07) is 15.1. The third-order valence-electron chi connectivity index (χ3n) is 4.02. The zero-order valence-corrected chi connectivity index (χ0v) is 16.3. The van der Waals surface area contributed by atoms with Crippen LogP contribution in [-0.4, -0.2) is 27.4 Å². The molecule has 0 aliphatic heterocycles. The highest BCUT2D eigenvalue weighted by molar-refractivity contribution is 7.92. The molecule has 0 aliphatic carbocycles. The number of para-hydroxylation sites is 1. The normalized spacial score (nSPS) is 11.4. The third-order valence-corrected chi connectivity index (χ3v) is 5.92. The number of carbonyl (C=O) groups is 1. The van der Waals surface area contributed by atoms with Crippen LogP contribution >= 0.6 is 0 Å². The summed E-state index contributed by atoms with van der Waals surface area (Å²) < 4.78 is 27.4. The molecule has 0 spiro atoms. The van der Waals surface area contributed by atoms with Crippen molar-refractivity contribution in [2.24, 2.45) is 5.92 Å². The van der Waals surface area contributed by atoms with Crippen molar-refractivity contribution in [2.45, 2.75) is 32.1 Å². The molecule has 26 heavy (non-hydrogen) atoms. The van der Waals surface area contributed by atoms with Crippen LogP contribution in [0.25, 0.3) is 0 Å². The second-order valence-corrected chi connectivity index (χ2v) is 8.33. The van der Waals surface area contributed by atoms with Crippen LogP contribution in [0.5, 0.6) is 0 Å². The van der Waals surface area contributed by atoms with E-state index in [0.717, 1.165) is 6.42 Å². The molecular formula is C20H26N2O3S. The summed E-state index contributed by atoms with van der Waals surface area (Å²) in [5.74, 6) is 0.233. The van der Waals surface area contributed by atoms with Crippen LogP contribution in [0.1, 0.15) is 37.6 Å². The first kappa shape index (κ1) is 20.0. The van der Waals surface area contributed by atoms with Crippen molar-refractivity contribution >= 4 is 21.6 Å². The van der Waals surface area contributed by atoms with Crippen LogP contribution in [0.15, 0.2) is 59.5 Å². The molecule has 0 bridgehead atoms. The summed E-state index contributed by atoms with van der Waals surface area (Å²) in [6.45, 7) is 6.83. The Kier molecular flexibility index (Phi) is 6.80. The van der Waals surface area contributed by atoms with Crippen molar-refractivity contribution in [1.82, 2.24) is 5.32 Å². The standard InChI is InChI=1S/C20H26N2O3S/c1-4-22(18-10-6-5-7-11-18)26(24,25)19-12-8-9-17(15-19)20(23)21-14-13-16(2)3/h5-12,15-16H,4,13-14H2,1-3H3,(H,21,23). The van der Waals surface area contributed by atoms with Crippen molar-refractivity contribution in [3.8, 4) is 0 Å². The minimum Gasteiger partial charge on any atom is -0.352 e. The second kappa shape index (κ2) is 8.85. The van der Waals surface area contributed by atoms with E-state index in [1.54, 1.807) is 43.3 Å². The van der Waals surface area contributed by atoms with E-state index in [4.69, 9.17) is 0 Å². The first-order valence-corrected chi connectivity index (χ1v) is 10.3. The molecule has 140 valence electrons. The van der Waals surface area contributed by atoms with Crippen molar-refractivity contribution in [3.63, 3.8) is 0 Å². The van der Waals surface area contributed by atoms with Crippen LogP contribution in [0.3, 0.4) is 0 Å². The van der Waals surface area contributed by atoms with Gasteiger partial charge in [0.15, 0.2) is 0 Å². The van der Waals surface area contributed by atoms with Gasteiger partial charge in [-0.05, 0) is 49.6 Å². The molecule has 6 heteroatoms. The molecule has 0 fully saturated rings.